The second-order valence-electron chi connectivity index (χ2n) is 26.0. The summed E-state index contributed by atoms with van der Waals surface area (Å²) in [5.41, 5.74) is 33.1. The van der Waals surface area contributed by atoms with Crippen molar-refractivity contribution in [2.75, 3.05) is 0 Å². The summed E-state index contributed by atoms with van der Waals surface area (Å²) in [7, 11) is 0. The van der Waals surface area contributed by atoms with E-state index in [1.807, 2.05) is 0 Å². The molecule has 0 saturated heterocycles. The molecule has 6 aromatic carbocycles. The van der Waals surface area contributed by atoms with Gasteiger partial charge in [0.05, 0.1) is 16.7 Å². The largest absolute Gasteiger partial charge is 0.296 e. The molecule has 6 nitrogen and oxygen atoms in total. The standard InChI is InChI=1S/3C25H27N2/c1-14-15(2)17(4)26-23(16(14)3)18(5)27-24(26)21-12-19-10-8-9-11-20(19)13-22(21)25(27,6)7;1-14-15(2)17(4)26-23(16(14)3)18(5)27-24(26)22-20-11-9-8-10-19(20)12-13-21(22)25(27,6)7;1-14-15(2)17(4)26-23(16(14)3)18(5)27-24(26)21-13-12-19-10-8-9-11-20(19)22(21)25(27,6)7/h3*8-13H,1-7H3/q3*+1. The summed E-state index contributed by atoms with van der Waals surface area (Å²) >= 11 is 0. The SMILES string of the molecule is Cc1c(C)c(C)n2c3[n+](c(C)c2c1C)C(C)(C)c1c-3ccc2ccccc12.Cc1c(C)c(C)n2c3[n+](c(C)c2c1C)C(C)(C)c1cc2ccccc2cc1-3.Cc1c(C)c(C)n2c3[n+](c(C)c2c1C)C(C)(C)c1ccc2ccccc2c1-3. The zero-order valence-corrected chi connectivity index (χ0v) is 52.1. The lowest BCUT2D eigenvalue weighted by Gasteiger charge is -2.20. The molecular formula is C75H81N6+3. The fourth-order valence-corrected chi connectivity index (χ4v) is 16.1. The van der Waals surface area contributed by atoms with Crippen LogP contribution in [0, 0.1) is 104 Å². The van der Waals surface area contributed by atoms with Gasteiger partial charge in [0.15, 0.2) is 16.6 Å². The van der Waals surface area contributed by atoms with Gasteiger partial charge in [-0.15, -0.1) is 0 Å². The van der Waals surface area contributed by atoms with Crippen molar-refractivity contribution in [2.24, 2.45) is 0 Å². The minimum atomic E-state index is -0.0810. The van der Waals surface area contributed by atoms with E-state index in [0.29, 0.717) is 0 Å². The molecule has 3 aliphatic rings. The van der Waals surface area contributed by atoms with Crippen molar-refractivity contribution in [3.05, 3.63) is 210 Å². The van der Waals surface area contributed by atoms with E-state index in [1.54, 1.807) is 0 Å². The Morgan fingerprint density at radius 3 is 1.19 bits per heavy atom. The van der Waals surface area contributed by atoms with Gasteiger partial charge in [-0.1, -0.05) is 91.0 Å². The number of hydrogen-bond acceptors (Lipinski definition) is 0. The molecule has 0 atom stereocenters. The van der Waals surface area contributed by atoms with Gasteiger partial charge in [-0.3, -0.25) is 0 Å². The van der Waals surface area contributed by atoms with Crippen LogP contribution in [0.15, 0.2) is 109 Å². The van der Waals surface area contributed by atoms with Crippen LogP contribution >= 0.6 is 0 Å². The smallest absolute Gasteiger partial charge is 0.217 e. The monoisotopic (exact) mass is 1070 g/mol. The van der Waals surface area contributed by atoms with Crippen LogP contribution < -0.4 is 13.7 Å². The minimum absolute atomic E-state index is 0.0640. The molecule has 0 aliphatic carbocycles. The number of aromatic nitrogens is 6. The Bertz CT molecular complexity index is 4740. The van der Waals surface area contributed by atoms with Crippen molar-refractivity contribution in [1.82, 2.24) is 13.2 Å². The summed E-state index contributed by atoms with van der Waals surface area (Å²) in [6.07, 6.45) is 0. The van der Waals surface area contributed by atoms with Crippen molar-refractivity contribution in [3.8, 4) is 34.2 Å². The van der Waals surface area contributed by atoms with E-state index in [2.05, 4.69) is 281 Å². The lowest BCUT2D eigenvalue weighted by molar-refractivity contribution is -0.735. The Labute approximate surface area is 479 Å². The van der Waals surface area contributed by atoms with Gasteiger partial charge in [0.2, 0.25) is 0 Å². The molecule has 0 N–H and O–H groups in total. The quantitative estimate of drug-likeness (QED) is 0.135. The van der Waals surface area contributed by atoms with E-state index in [9.17, 15) is 0 Å². The number of imidazole rings is 3. The summed E-state index contributed by atoms with van der Waals surface area (Å²) in [5.74, 6) is 4.00. The zero-order valence-electron chi connectivity index (χ0n) is 52.1. The second kappa shape index (κ2) is 17.3. The molecule has 6 heteroatoms. The van der Waals surface area contributed by atoms with Crippen LogP contribution in [-0.2, 0) is 16.6 Å². The number of fused-ring (bicyclic) bond motifs is 20. The van der Waals surface area contributed by atoms with Crippen LogP contribution in [0.3, 0.4) is 0 Å². The molecule has 12 aromatic rings. The van der Waals surface area contributed by atoms with E-state index in [1.165, 1.54) is 184 Å². The Balaban J connectivity index is 0.000000114. The van der Waals surface area contributed by atoms with Gasteiger partial charge in [0, 0.05) is 54.2 Å². The van der Waals surface area contributed by atoms with Crippen molar-refractivity contribution >= 4 is 48.9 Å². The highest BCUT2D eigenvalue weighted by Crippen LogP contribution is 2.48. The highest BCUT2D eigenvalue weighted by atomic mass is 15.2. The Kier molecular flexibility index (Phi) is 11.3. The Morgan fingerprint density at radius 1 is 0.309 bits per heavy atom. The molecule has 0 spiro atoms. The first-order chi connectivity index (χ1) is 38.3. The van der Waals surface area contributed by atoms with E-state index in [4.69, 9.17) is 0 Å². The van der Waals surface area contributed by atoms with Crippen LogP contribution in [0.4, 0.5) is 0 Å². The Hall–Kier alpha value is -7.83. The van der Waals surface area contributed by atoms with Crippen LogP contribution in [-0.4, -0.2) is 13.2 Å². The third kappa shape index (κ3) is 6.65. The van der Waals surface area contributed by atoms with Crippen molar-refractivity contribution < 1.29 is 13.7 Å². The molecule has 81 heavy (non-hydrogen) atoms. The molecule has 0 unspecified atom stereocenters. The molecule has 3 aliphatic heterocycles. The van der Waals surface area contributed by atoms with Crippen LogP contribution in [0.2, 0.25) is 0 Å². The predicted molar refractivity (Wildman–Crippen MR) is 338 cm³/mol. The Morgan fingerprint density at radius 2 is 0.679 bits per heavy atom. The maximum atomic E-state index is 2.57. The predicted octanol–water partition coefficient (Wildman–Crippen LogP) is 17.1. The fraction of sp³-hybridized carbons (Fsp3) is 0.320. The fourth-order valence-electron chi connectivity index (χ4n) is 16.1. The first kappa shape index (κ1) is 52.5. The normalized spacial score (nSPS) is 14.8. The molecule has 0 amide bonds. The van der Waals surface area contributed by atoms with Crippen LogP contribution in [0.25, 0.3) is 83.0 Å². The topological polar surface area (TPSA) is 24.9 Å². The number of benzene rings is 6. The first-order valence-corrected chi connectivity index (χ1v) is 29.5. The molecule has 9 heterocycles. The lowest BCUT2D eigenvalue weighted by atomic mass is 9.88. The summed E-state index contributed by atoms with van der Waals surface area (Å²) in [5, 5.41) is 7.99. The van der Waals surface area contributed by atoms with Gasteiger partial charge in [-0.05, 0) is 209 Å². The number of aryl methyl sites for hydroxylation is 9. The highest BCUT2D eigenvalue weighted by Gasteiger charge is 2.50. The van der Waals surface area contributed by atoms with Crippen molar-refractivity contribution in [1.29, 1.82) is 0 Å². The van der Waals surface area contributed by atoms with Crippen LogP contribution in [0.1, 0.15) is 142 Å². The average Bonchev–Trinajstić information content (AvgIpc) is 4.26. The molecule has 0 fully saturated rings. The summed E-state index contributed by atoms with van der Waals surface area (Å²) in [4.78, 5) is 0. The van der Waals surface area contributed by atoms with Crippen LogP contribution in [0.5, 0.6) is 0 Å². The third-order valence-corrected chi connectivity index (χ3v) is 21.1. The van der Waals surface area contributed by atoms with E-state index in [-0.39, 0.29) is 16.6 Å². The van der Waals surface area contributed by atoms with Crippen molar-refractivity contribution in [3.63, 3.8) is 0 Å². The third-order valence-electron chi connectivity index (χ3n) is 21.1. The second-order valence-corrected chi connectivity index (χ2v) is 26.0. The highest BCUT2D eigenvalue weighted by molar-refractivity contribution is 5.98. The molecule has 0 bridgehead atoms. The van der Waals surface area contributed by atoms with Gasteiger partial charge in [-0.25, -0.2) is 13.7 Å². The first-order valence-electron chi connectivity index (χ1n) is 29.5. The van der Waals surface area contributed by atoms with E-state index >= 15 is 0 Å². The molecule has 0 saturated carbocycles. The van der Waals surface area contributed by atoms with Gasteiger partial charge >= 0.3 is 0 Å². The average molecular weight is 1070 g/mol. The summed E-state index contributed by atoms with van der Waals surface area (Å²) in [6.45, 7) is 48.2. The van der Waals surface area contributed by atoms with Gasteiger partial charge < -0.3 is 0 Å². The number of rotatable bonds is 0. The van der Waals surface area contributed by atoms with Gasteiger partial charge in [-0.2, -0.15) is 13.2 Å². The number of pyridine rings is 3. The summed E-state index contributed by atoms with van der Waals surface area (Å²) < 4.78 is 15.2. The number of hydrogen-bond donors (Lipinski definition) is 0. The molecule has 0 radical (unpaired) electrons. The lowest BCUT2D eigenvalue weighted by Crippen LogP contribution is -2.51. The zero-order chi connectivity index (χ0) is 57.7. The van der Waals surface area contributed by atoms with Crippen molar-refractivity contribution in [2.45, 2.75) is 162 Å². The maximum absolute atomic E-state index is 2.57. The molecule has 15 rings (SSSR count). The molecule has 408 valence electrons. The maximum Gasteiger partial charge on any atom is 0.296 e. The minimum Gasteiger partial charge on any atom is -0.217 e. The van der Waals surface area contributed by atoms with Gasteiger partial charge in [0.25, 0.3) is 17.5 Å². The summed E-state index contributed by atoms with van der Waals surface area (Å²) in [6, 6.07) is 40.3. The number of nitrogens with zero attached hydrogens (tertiary/aromatic N) is 6. The molecular weight excluding hydrogens is 985 g/mol. The molecule has 6 aromatic heterocycles. The van der Waals surface area contributed by atoms with E-state index in [0.717, 1.165) is 0 Å². The van der Waals surface area contributed by atoms with Gasteiger partial charge in [0.1, 0.15) is 50.8 Å². The van der Waals surface area contributed by atoms with E-state index < -0.39 is 0 Å².